The molecule has 0 spiro atoms. The van der Waals surface area contributed by atoms with Gasteiger partial charge in [-0.05, 0) is 18.6 Å². The van der Waals surface area contributed by atoms with Gasteiger partial charge >= 0.3 is 6.01 Å². The predicted molar refractivity (Wildman–Crippen MR) is 61.2 cm³/mol. The highest BCUT2D eigenvalue weighted by Gasteiger charge is 2.02. The van der Waals surface area contributed by atoms with E-state index in [4.69, 9.17) is 10.5 Å². The van der Waals surface area contributed by atoms with Gasteiger partial charge in [-0.1, -0.05) is 18.2 Å². The van der Waals surface area contributed by atoms with Crippen molar-refractivity contribution in [2.45, 2.75) is 13.5 Å². The summed E-state index contributed by atoms with van der Waals surface area (Å²) in [5.41, 5.74) is 7.39. The molecule has 0 aliphatic carbocycles. The highest BCUT2D eigenvalue weighted by molar-refractivity contribution is 5.33. The Labute approximate surface area is 94.1 Å². The fourth-order valence-corrected chi connectivity index (χ4v) is 1.27. The lowest BCUT2D eigenvalue weighted by molar-refractivity contribution is 0.438. The molecule has 0 aliphatic rings. The molecule has 1 aromatic carbocycles. The SMILES string of the molecule is Cc1ccccc1Oc1ncc(CN)cn1. The number of benzene rings is 1. The fraction of sp³-hybridized carbons (Fsp3) is 0.167. The molecule has 1 heterocycles. The first-order chi connectivity index (χ1) is 7.79. The van der Waals surface area contributed by atoms with Crippen LogP contribution in [0.5, 0.6) is 11.8 Å². The first-order valence-corrected chi connectivity index (χ1v) is 5.04. The number of aryl methyl sites for hydroxylation is 1. The van der Waals surface area contributed by atoms with E-state index in [0.717, 1.165) is 16.9 Å². The van der Waals surface area contributed by atoms with Crippen LogP contribution in [0.15, 0.2) is 36.7 Å². The number of ether oxygens (including phenoxy) is 1. The zero-order valence-electron chi connectivity index (χ0n) is 9.05. The molecule has 4 nitrogen and oxygen atoms in total. The summed E-state index contributed by atoms with van der Waals surface area (Å²) >= 11 is 0. The molecule has 0 saturated heterocycles. The number of rotatable bonds is 3. The van der Waals surface area contributed by atoms with E-state index in [-0.39, 0.29) is 0 Å². The molecule has 0 fully saturated rings. The first-order valence-electron chi connectivity index (χ1n) is 5.04. The van der Waals surface area contributed by atoms with Crippen LogP contribution in [0, 0.1) is 6.92 Å². The second-order valence-electron chi connectivity index (χ2n) is 3.45. The lowest BCUT2D eigenvalue weighted by Crippen LogP contribution is -1.99. The Bertz CT molecular complexity index is 468. The Hall–Kier alpha value is -1.94. The van der Waals surface area contributed by atoms with Crippen molar-refractivity contribution in [3.05, 3.63) is 47.8 Å². The topological polar surface area (TPSA) is 61.0 Å². The van der Waals surface area contributed by atoms with Gasteiger partial charge in [0.15, 0.2) is 0 Å². The van der Waals surface area contributed by atoms with Gasteiger partial charge in [0.05, 0.1) is 0 Å². The normalized spacial score (nSPS) is 10.1. The zero-order chi connectivity index (χ0) is 11.4. The average Bonchev–Trinajstić information content (AvgIpc) is 2.33. The zero-order valence-corrected chi connectivity index (χ0v) is 9.05. The molecule has 2 aromatic rings. The number of nitrogens with two attached hydrogens (primary N) is 1. The number of aromatic nitrogens is 2. The number of para-hydroxylation sites is 1. The van der Waals surface area contributed by atoms with E-state index in [1.165, 1.54) is 0 Å². The van der Waals surface area contributed by atoms with Gasteiger partial charge in [-0.15, -0.1) is 0 Å². The van der Waals surface area contributed by atoms with Gasteiger partial charge in [-0.25, -0.2) is 9.97 Å². The minimum atomic E-state index is 0.339. The van der Waals surface area contributed by atoms with Crippen molar-refractivity contribution in [1.29, 1.82) is 0 Å². The quantitative estimate of drug-likeness (QED) is 0.851. The van der Waals surface area contributed by atoms with Crippen LogP contribution in [0.1, 0.15) is 11.1 Å². The van der Waals surface area contributed by atoms with Crippen LogP contribution in [-0.2, 0) is 6.54 Å². The number of hydrogen-bond acceptors (Lipinski definition) is 4. The van der Waals surface area contributed by atoms with Crippen molar-refractivity contribution in [2.24, 2.45) is 5.73 Å². The molecule has 2 rings (SSSR count). The average molecular weight is 215 g/mol. The van der Waals surface area contributed by atoms with E-state index in [1.807, 2.05) is 31.2 Å². The van der Waals surface area contributed by atoms with E-state index in [1.54, 1.807) is 12.4 Å². The van der Waals surface area contributed by atoms with E-state index in [9.17, 15) is 0 Å². The molecule has 0 saturated carbocycles. The Morgan fingerprint density at radius 2 is 1.88 bits per heavy atom. The van der Waals surface area contributed by atoms with Crippen LogP contribution in [0.4, 0.5) is 0 Å². The van der Waals surface area contributed by atoms with Gasteiger partial charge in [0.25, 0.3) is 0 Å². The molecule has 0 amide bonds. The van der Waals surface area contributed by atoms with Gasteiger partial charge in [0.1, 0.15) is 5.75 Å². The standard InChI is InChI=1S/C12H13N3O/c1-9-4-2-3-5-11(9)16-12-14-7-10(6-13)8-15-12/h2-5,7-8H,6,13H2,1H3. The smallest absolute Gasteiger partial charge is 0.321 e. The molecule has 0 radical (unpaired) electrons. The molecular formula is C12H13N3O. The van der Waals surface area contributed by atoms with Crippen molar-refractivity contribution in [2.75, 3.05) is 0 Å². The summed E-state index contributed by atoms with van der Waals surface area (Å²) in [7, 11) is 0. The highest BCUT2D eigenvalue weighted by Crippen LogP contribution is 2.21. The van der Waals surface area contributed by atoms with Crippen molar-refractivity contribution in [3.63, 3.8) is 0 Å². The van der Waals surface area contributed by atoms with E-state index >= 15 is 0 Å². The molecule has 0 atom stereocenters. The van der Waals surface area contributed by atoms with Crippen molar-refractivity contribution in [3.8, 4) is 11.8 Å². The van der Waals surface area contributed by atoms with Gasteiger partial charge in [-0.2, -0.15) is 0 Å². The molecule has 0 aliphatic heterocycles. The van der Waals surface area contributed by atoms with E-state index in [0.29, 0.717) is 12.6 Å². The summed E-state index contributed by atoms with van der Waals surface area (Å²) < 4.78 is 5.55. The third-order valence-corrected chi connectivity index (χ3v) is 2.21. The van der Waals surface area contributed by atoms with Gasteiger partial charge in [0, 0.05) is 24.5 Å². The van der Waals surface area contributed by atoms with Crippen LogP contribution in [0.2, 0.25) is 0 Å². The summed E-state index contributed by atoms with van der Waals surface area (Å²) in [5.74, 6) is 0.767. The van der Waals surface area contributed by atoms with Gasteiger partial charge in [-0.3, -0.25) is 0 Å². The largest absolute Gasteiger partial charge is 0.424 e. The Kier molecular flexibility index (Phi) is 3.12. The maximum absolute atomic E-state index is 5.55. The van der Waals surface area contributed by atoms with Crippen molar-refractivity contribution >= 4 is 0 Å². The fourth-order valence-electron chi connectivity index (χ4n) is 1.27. The Balaban J connectivity index is 2.18. The summed E-state index contributed by atoms with van der Waals surface area (Å²) in [4.78, 5) is 8.15. The lowest BCUT2D eigenvalue weighted by atomic mass is 10.2. The first kappa shape index (κ1) is 10.6. The maximum atomic E-state index is 5.55. The minimum Gasteiger partial charge on any atom is -0.424 e. The molecular weight excluding hydrogens is 202 g/mol. The number of nitrogens with zero attached hydrogens (tertiary/aromatic N) is 2. The summed E-state index contributed by atoms with van der Waals surface area (Å²) in [6.45, 7) is 2.41. The molecule has 1 aromatic heterocycles. The highest BCUT2D eigenvalue weighted by atomic mass is 16.5. The van der Waals surface area contributed by atoms with Crippen molar-refractivity contribution < 1.29 is 4.74 Å². The van der Waals surface area contributed by atoms with Crippen LogP contribution in [0.3, 0.4) is 0 Å². The summed E-state index contributed by atoms with van der Waals surface area (Å²) in [5, 5.41) is 0. The minimum absolute atomic E-state index is 0.339. The summed E-state index contributed by atoms with van der Waals surface area (Å²) in [6.07, 6.45) is 3.33. The Morgan fingerprint density at radius 3 is 2.50 bits per heavy atom. The molecule has 2 N–H and O–H groups in total. The molecule has 0 unspecified atom stereocenters. The second kappa shape index (κ2) is 4.72. The van der Waals surface area contributed by atoms with Crippen LogP contribution >= 0.6 is 0 Å². The van der Waals surface area contributed by atoms with Crippen LogP contribution in [0.25, 0.3) is 0 Å². The van der Waals surface area contributed by atoms with Crippen molar-refractivity contribution in [1.82, 2.24) is 9.97 Å². The van der Waals surface area contributed by atoms with E-state index in [2.05, 4.69) is 9.97 Å². The third kappa shape index (κ3) is 2.35. The summed E-state index contributed by atoms with van der Waals surface area (Å²) in [6, 6.07) is 8.07. The monoisotopic (exact) mass is 215 g/mol. The molecule has 16 heavy (non-hydrogen) atoms. The predicted octanol–water partition coefficient (Wildman–Crippen LogP) is 2.04. The van der Waals surface area contributed by atoms with Crippen LogP contribution < -0.4 is 10.5 Å². The van der Waals surface area contributed by atoms with Gasteiger partial charge < -0.3 is 10.5 Å². The van der Waals surface area contributed by atoms with Gasteiger partial charge in [0.2, 0.25) is 0 Å². The molecule has 82 valence electrons. The molecule has 4 heteroatoms. The maximum Gasteiger partial charge on any atom is 0.321 e. The molecule has 0 bridgehead atoms. The van der Waals surface area contributed by atoms with Crippen LogP contribution in [-0.4, -0.2) is 9.97 Å². The Morgan fingerprint density at radius 1 is 1.19 bits per heavy atom. The third-order valence-electron chi connectivity index (χ3n) is 2.21. The number of hydrogen-bond donors (Lipinski definition) is 1. The lowest BCUT2D eigenvalue weighted by Gasteiger charge is -2.06. The van der Waals surface area contributed by atoms with E-state index < -0.39 is 0 Å². The second-order valence-corrected chi connectivity index (χ2v) is 3.45.